The molecule has 0 heterocycles. The van der Waals surface area contributed by atoms with Crippen molar-refractivity contribution in [3.8, 4) is 28.0 Å². The van der Waals surface area contributed by atoms with Crippen molar-refractivity contribution in [3.05, 3.63) is 102 Å². The van der Waals surface area contributed by atoms with Crippen LogP contribution in [0.3, 0.4) is 0 Å². The summed E-state index contributed by atoms with van der Waals surface area (Å²) in [6.07, 6.45) is 3.53. The average Bonchev–Trinajstić information content (AvgIpc) is 2.81. The van der Waals surface area contributed by atoms with Gasteiger partial charge in [-0.2, -0.15) is 4.39 Å². The van der Waals surface area contributed by atoms with Gasteiger partial charge in [0.05, 0.1) is 7.11 Å². The van der Waals surface area contributed by atoms with Gasteiger partial charge in [-0.1, -0.05) is 60.7 Å². The average molecular weight is 436 g/mol. The van der Waals surface area contributed by atoms with E-state index in [2.05, 4.69) is 11.3 Å². The molecule has 0 atom stereocenters. The normalized spacial score (nSPS) is 11.0. The van der Waals surface area contributed by atoms with Crippen molar-refractivity contribution in [2.75, 3.05) is 7.11 Å². The van der Waals surface area contributed by atoms with Crippen molar-refractivity contribution in [2.24, 2.45) is 0 Å². The topological polar surface area (TPSA) is 9.23 Å². The van der Waals surface area contributed by atoms with Crippen LogP contribution in [0.2, 0.25) is 0 Å². The highest BCUT2D eigenvalue weighted by Gasteiger charge is 2.20. The molecule has 0 aliphatic rings. The molecule has 1 nitrogen and oxygen atoms in total. The fourth-order valence-corrected chi connectivity index (χ4v) is 3.79. The molecule has 0 spiro atoms. The lowest BCUT2D eigenvalue weighted by Crippen LogP contribution is -1.99. The van der Waals surface area contributed by atoms with Crippen LogP contribution < -0.4 is 4.74 Å². The first-order chi connectivity index (χ1) is 15.4. The molecule has 0 fully saturated rings. The van der Waals surface area contributed by atoms with Gasteiger partial charge in [0.2, 0.25) is 5.82 Å². The number of methoxy groups -OCH3 is 1. The van der Waals surface area contributed by atoms with Gasteiger partial charge >= 0.3 is 0 Å². The summed E-state index contributed by atoms with van der Waals surface area (Å²) in [5.41, 5.74) is 2.09. The van der Waals surface area contributed by atoms with Crippen LogP contribution in [0, 0.1) is 23.3 Å². The minimum atomic E-state index is -1.39. The van der Waals surface area contributed by atoms with E-state index in [-0.39, 0.29) is 16.9 Å². The predicted octanol–water partition coefficient (Wildman–Crippen LogP) is 7.86. The van der Waals surface area contributed by atoms with E-state index < -0.39 is 23.2 Å². The second-order valence-electron chi connectivity index (χ2n) is 7.45. The van der Waals surface area contributed by atoms with E-state index in [1.807, 2.05) is 24.3 Å². The van der Waals surface area contributed by atoms with Crippen LogP contribution in [0.1, 0.15) is 12.0 Å². The van der Waals surface area contributed by atoms with E-state index in [1.54, 1.807) is 24.3 Å². The van der Waals surface area contributed by atoms with Crippen LogP contribution in [-0.4, -0.2) is 7.11 Å². The molecule has 4 aromatic carbocycles. The first-order valence-corrected chi connectivity index (χ1v) is 10.1. The molecule has 0 unspecified atom stereocenters. The van der Waals surface area contributed by atoms with Gasteiger partial charge in [0, 0.05) is 16.5 Å². The van der Waals surface area contributed by atoms with Crippen molar-refractivity contribution in [1.29, 1.82) is 0 Å². The molecule has 0 aromatic heterocycles. The number of allylic oxidation sites excluding steroid dienone is 1. The highest BCUT2D eigenvalue weighted by molar-refractivity contribution is 5.89. The van der Waals surface area contributed by atoms with Crippen LogP contribution >= 0.6 is 0 Å². The number of benzene rings is 4. The van der Waals surface area contributed by atoms with Crippen LogP contribution in [0.4, 0.5) is 17.6 Å². The number of fused-ring (bicyclic) bond motifs is 1. The number of rotatable bonds is 6. The fraction of sp³-hybridized carbons (Fsp3) is 0.111. The first kappa shape index (κ1) is 21.6. The maximum absolute atomic E-state index is 15.2. The Balaban J connectivity index is 1.70. The smallest absolute Gasteiger partial charge is 0.204 e. The second kappa shape index (κ2) is 8.87. The summed E-state index contributed by atoms with van der Waals surface area (Å²) >= 11 is 0. The molecule has 0 radical (unpaired) electrons. The quantitative estimate of drug-likeness (QED) is 0.170. The first-order valence-electron chi connectivity index (χ1n) is 10.1. The third kappa shape index (κ3) is 3.86. The zero-order valence-electron chi connectivity index (χ0n) is 17.4. The molecule has 0 bridgehead atoms. The maximum Gasteiger partial charge on any atom is 0.204 e. The molecule has 5 heteroatoms. The molecule has 0 saturated heterocycles. The Morgan fingerprint density at radius 1 is 0.781 bits per heavy atom. The third-order valence-corrected chi connectivity index (χ3v) is 5.48. The molecular formula is C27H20F4O. The minimum absolute atomic E-state index is 0.238. The molecule has 0 aliphatic heterocycles. The van der Waals surface area contributed by atoms with E-state index in [4.69, 9.17) is 0 Å². The molecular weight excluding hydrogens is 416 g/mol. The number of ether oxygens (including phenoxy) is 1. The van der Waals surface area contributed by atoms with Gasteiger partial charge in [0.25, 0.3) is 0 Å². The zero-order chi connectivity index (χ0) is 22.8. The lowest BCUT2D eigenvalue weighted by Gasteiger charge is -2.11. The Morgan fingerprint density at radius 3 is 2.12 bits per heavy atom. The lowest BCUT2D eigenvalue weighted by atomic mass is 9.96. The zero-order valence-corrected chi connectivity index (χ0v) is 17.4. The Kier molecular flexibility index (Phi) is 5.99. The van der Waals surface area contributed by atoms with Gasteiger partial charge in [-0.15, -0.1) is 6.58 Å². The summed E-state index contributed by atoms with van der Waals surface area (Å²) in [6.45, 7) is 3.72. The van der Waals surface area contributed by atoms with Crippen molar-refractivity contribution >= 4 is 10.8 Å². The van der Waals surface area contributed by atoms with Crippen molar-refractivity contribution in [1.82, 2.24) is 0 Å². The molecule has 0 N–H and O–H groups in total. The van der Waals surface area contributed by atoms with Gasteiger partial charge in [-0.3, -0.25) is 0 Å². The molecule has 32 heavy (non-hydrogen) atoms. The van der Waals surface area contributed by atoms with E-state index in [0.717, 1.165) is 37.0 Å². The predicted molar refractivity (Wildman–Crippen MR) is 120 cm³/mol. The SMILES string of the molecule is C=CCCc1ccc2c(F)c(-c3ccc(-c4cc(F)c(OC)c(F)c4F)cc3)ccc2c1. The third-order valence-electron chi connectivity index (χ3n) is 5.48. The lowest BCUT2D eigenvalue weighted by molar-refractivity contribution is 0.347. The number of halogens is 4. The van der Waals surface area contributed by atoms with Crippen molar-refractivity contribution in [3.63, 3.8) is 0 Å². The monoisotopic (exact) mass is 436 g/mol. The van der Waals surface area contributed by atoms with Crippen LogP contribution in [0.5, 0.6) is 5.75 Å². The summed E-state index contributed by atoms with van der Waals surface area (Å²) < 4.78 is 62.3. The molecule has 0 aliphatic carbocycles. The maximum atomic E-state index is 15.2. The molecule has 4 aromatic rings. The van der Waals surface area contributed by atoms with Gasteiger partial charge < -0.3 is 4.74 Å². The van der Waals surface area contributed by atoms with Crippen molar-refractivity contribution < 1.29 is 22.3 Å². The van der Waals surface area contributed by atoms with Gasteiger partial charge in [-0.25, -0.2) is 13.2 Å². The summed E-state index contributed by atoms with van der Waals surface area (Å²) in [4.78, 5) is 0. The summed E-state index contributed by atoms with van der Waals surface area (Å²) in [5.74, 6) is -4.73. The molecule has 162 valence electrons. The highest BCUT2D eigenvalue weighted by atomic mass is 19.2. The van der Waals surface area contributed by atoms with Crippen LogP contribution in [-0.2, 0) is 6.42 Å². The Bertz CT molecular complexity index is 1310. The van der Waals surface area contributed by atoms with E-state index >= 15 is 4.39 Å². The summed E-state index contributed by atoms with van der Waals surface area (Å²) in [5, 5.41) is 1.30. The molecule has 4 rings (SSSR count). The van der Waals surface area contributed by atoms with Crippen molar-refractivity contribution in [2.45, 2.75) is 12.8 Å². The molecule has 0 amide bonds. The van der Waals surface area contributed by atoms with E-state index in [1.165, 1.54) is 12.1 Å². The Labute approximate surface area is 183 Å². The Morgan fingerprint density at radius 2 is 1.47 bits per heavy atom. The van der Waals surface area contributed by atoms with Gasteiger partial charge in [0.1, 0.15) is 5.82 Å². The Hall–Kier alpha value is -3.60. The number of hydrogen-bond donors (Lipinski definition) is 0. The van der Waals surface area contributed by atoms with E-state index in [9.17, 15) is 13.2 Å². The summed E-state index contributed by atoms with van der Waals surface area (Å²) in [6, 6.07) is 16.2. The second-order valence-corrected chi connectivity index (χ2v) is 7.45. The standard InChI is InChI=1S/C27H20F4O/c1-3-4-5-16-6-12-21-19(14-16)11-13-20(24(21)29)17-7-9-18(10-8-17)22-15-23(28)27(32-2)26(31)25(22)30/h3,6-15H,1,4-5H2,2H3. The minimum Gasteiger partial charge on any atom is -0.491 e. The van der Waals surface area contributed by atoms with E-state index in [0.29, 0.717) is 16.5 Å². The largest absolute Gasteiger partial charge is 0.491 e. The highest BCUT2D eigenvalue weighted by Crippen LogP contribution is 2.35. The number of aryl methyl sites for hydroxylation is 1. The number of hydrogen-bond acceptors (Lipinski definition) is 1. The molecule has 0 saturated carbocycles. The van der Waals surface area contributed by atoms with Gasteiger partial charge in [-0.05, 0) is 41.0 Å². The van der Waals surface area contributed by atoms with Gasteiger partial charge in [0.15, 0.2) is 17.4 Å². The fourth-order valence-electron chi connectivity index (χ4n) is 3.79. The summed E-state index contributed by atoms with van der Waals surface area (Å²) in [7, 11) is 1.07. The van der Waals surface area contributed by atoms with Crippen LogP contribution in [0.15, 0.2) is 73.3 Å². The van der Waals surface area contributed by atoms with Crippen LogP contribution in [0.25, 0.3) is 33.0 Å².